The van der Waals surface area contributed by atoms with Gasteiger partial charge in [-0.05, 0) is 12.1 Å². The quantitative estimate of drug-likeness (QED) is 0.696. The number of carbonyl (C=O) groups is 1. The third kappa shape index (κ3) is 2.13. The topological polar surface area (TPSA) is 50.4 Å². The van der Waals surface area contributed by atoms with E-state index in [1.807, 2.05) is 0 Å². The van der Waals surface area contributed by atoms with Crippen LogP contribution in [0.5, 0.6) is 0 Å². The molecule has 0 aliphatic carbocycles. The first kappa shape index (κ1) is 9.78. The van der Waals surface area contributed by atoms with Crippen LogP contribution in [0.4, 0.5) is 0 Å². The highest BCUT2D eigenvalue weighted by atomic mass is 35.5. The lowest BCUT2D eigenvalue weighted by Gasteiger charge is -1.91. The summed E-state index contributed by atoms with van der Waals surface area (Å²) in [6, 6.07) is 3.17. The lowest BCUT2D eigenvalue weighted by molar-refractivity contribution is -0.130. The third-order valence-electron chi connectivity index (χ3n) is 1.08. The van der Waals surface area contributed by atoms with Crippen LogP contribution in [-0.2, 0) is 4.79 Å². The molecule has 0 aromatic carbocycles. The summed E-state index contributed by atoms with van der Waals surface area (Å²) in [5, 5.41) is 8.39. The maximum absolute atomic E-state index is 10.2. The van der Waals surface area contributed by atoms with E-state index in [2.05, 4.69) is 6.58 Å². The molecule has 0 amide bonds. The average Bonchev–Trinajstić information content (AvgIpc) is 2.36. The largest absolute Gasteiger partial charge is 0.478 e. The van der Waals surface area contributed by atoms with Crippen molar-refractivity contribution in [2.75, 3.05) is 0 Å². The first-order chi connectivity index (χ1) is 4.72. The Bertz CT molecular complexity index is 251. The Kier molecular flexibility index (Phi) is 3.40. The Labute approximate surface area is 69.7 Å². The number of hydrogen-bond donors (Lipinski definition) is 1. The van der Waals surface area contributed by atoms with Crippen LogP contribution < -0.4 is 0 Å². The molecule has 60 valence electrons. The Morgan fingerprint density at radius 3 is 2.64 bits per heavy atom. The van der Waals surface area contributed by atoms with Crippen LogP contribution in [0.1, 0.15) is 5.76 Å². The Morgan fingerprint density at radius 2 is 2.27 bits per heavy atom. The van der Waals surface area contributed by atoms with Gasteiger partial charge in [0.2, 0.25) is 0 Å². The summed E-state index contributed by atoms with van der Waals surface area (Å²) in [5.74, 6) is -0.762. The van der Waals surface area contributed by atoms with Crippen molar-refractivity contribution in [3.63, 3.8) is 0 Å². The molecule has 0 aliphatic rings. The van der Waals surface area contributed by atoms with Crippen molar-refractivity contribution in [3.05, 3.63) is 30.7 Å². The fraction of sp³-hybridized carbons (Fsp3) is 0. The number of hydrogen-bond acceptors (Lipinski definition) is 2. The van der Waals surface area contributed by atoms with E-state index in [0.29, 0.717) is 5.76 Å². The third-order valence-corrected chi connectivity index (χ3v) is 1.08. The summed E-state index contributed by atoms with van der Waals surface area (Å²) in [4.78, 5) is 10.2. The molecule has 0 aliphatic heterocycles. The van der Waals surface area contributed by atoms with Gasteiger partial charge in [0, 0.05) is 0 Å². The fourth-order valence-electron chi connectivity index (χ4n) is 0.556. The molecule has 11 heavy (non-hydrogen) atoms. The van der Waals surface area contributed by atoms with E-state index in [4.69, 9.17) is 9.52 Å². The number of aliphatic carboxylic acids is 1. The van der Waals surface area contributed by atoms with Crippen molar-refractivity contribution in [1.29, 1.82) is 0 Å². The van der Waals surface area contributed by atoms with Gasteiger partial charge < -0.3 is 9.52 Å². The molecule has 0 spiro atoms. The van der Waals surface area contributed by atoms with Crippen molar-refractivity contribution in [1.82, 2.24) is 0 Å². The Hall–Kier alpha value is -1.22. The van der Waals surface area contributed by atoms with Gasteiger partial charge >= 0.3 is 5.97 Å². The fourth-order valence-corrected chi connectivity index (χ4v) is 0.556. The van der Waals surface area contributed by atoms with Gasteiger partial charge in [-0.2, -0.15) is 0 Å². The molecule has 0 radical (unpaired) electrons. The molecule has 1 aromatic rings. The van der Waals surface area contributed by atoms with Crippen LogP contribution in [0.3, 0.4) is 0 Å². The van der Waals surface area contributed by atoms with Gasteiger partial charge in [-0.1, -0.05) is 6.58 Å². The average molecular weight is 175 g/mol. The molecule has 1 rings (SSSR count). The highest BCUT2D eigenvalue weighted by Gasteiger charge is 2.08. The summed E-state index contributed by atoms with van der Waals surface area (Å²) < 4.78 is 4.78. The van der Waals surface area contributed by atoms with Crippen LogP contribution in [-0.4, -0.2) is 11.1 Å². The molecular weight excluding hydrogens is 168 g/mol. The highest BCUT2D eigenvalue weighted by molar-refractivity contribution is 6.13. The van der Waals surface area contributed by atoms with Crippen LogP contribution in [0.15, 0.2) is 29.4 Å². The van der Waals surface area contributed by atoms with E-state index in [1.54, 1.807) is 12.1 Å². The molecule has 1 heterocycles. The van der Waals surface area contributed by atoms with Crippen LogP contribution in [0.2, 0.25) is 0 Å². The van der Waals surface area contributed by atoms with E-state index in [0.717, 1.165) is 0 Å². The SMILES string of the molecule is C=C(C(=O)O)c1ccco1.Cl. The second kappa shape index (κ2) is 3.83. The minimum atomic E-state index is -1.06. The summed E-state index contributed by atoms with van der Waals surface area (Å²) >= 11 is 0. The number of furan rings is 1. The van der Waals surface area contributed by atoms with Crippen molar-refractivity contribution in [2.24, 2.45) is 0 Å². The van der Waals surface area contributed by atoms with Gasteiger partial charge in [-0.25, -0.2) is 4.79 Å². The zero-order chi connectivity index (χ0) is 7.56. The van der Waals surface area contributed by atoms with Gasteiger partial charge in [0.15, 0.2) is 0 Å². The highest BCUT2D eigenvalue weighted by Crippen LogP contribution is 2.11. The standard InChI is InChI=1S/C7H6O3.ClH/c1-5(7(8)9)6-3-2-4-10-6;/h2-4H,1H2,(H,8,9);1H. The van der Waals surface area contributed by atoms with E-state index in [-0.39, 0.29) is 18.0 Å². The van der Waals surface area contributed by atoms with Gasteiger partial charge in [-0.15, -0.1) is 12.4 Å². The normalized spacial score (nSPS) is 8.36. The molecule has 4 heteroatoms. The Balaban J connectivity index is 0.000001000. The van der Waals surface area contributed by atoms with Gasteiger partial charge in [0.25, 0.3) is 0 Å². The molecular formula is C7H7ClO3. The molecule has 0 bridgehead atoms. The first-order valence-corrected chi connectivity index (χ1v) is 2.68. The first-order valence-electron chi connectivity index (χ1n) is 2.68. The maximum atomic E-state index is 10.2. The summed E-state index contributed by atoms with van der Waals surface area (Å²) in [5.41, 5.74) is -0.0231. The molecule has 0 atom stereocenters. The van der Waals surface area contributed by atoms with E-state index in [9.17, 15) is 4.79 Å². The number of carboxylic acid groups (broad SMARTS) is 1. The minimum absolute atomic E-state index is 0. The summed E-state index contributed by atoms with van der Waals surface area (Å²) in [7, 11) is 0. The molecule has 0 fully saturated rings. The van der Waals surface area contributed by atoms with Gasteiger partial charge in [0.1, 0.15) is 5.76 Å². The van der Waals surface area contributed by atoms with Crippen molar-refractivity contribution in [3.8, 4) is 0 Å². The van der Waals surface area contributed by atoms with Crippen molar-refractivity contribution >= 4 is 23.9 Å². The summed E-state index contributed by atoms with van der Waals surface area (Å²) in [6.07, 6.45) is 1.41. The monoisotopic (exact) mass is 174 g/mol. The summed E-state index contributed by atoms with van der Waals surface area (Å²) in [6.45, 7) is 3.30. The van der Waals surface area contributed by atoms with Gasteiger partial charge in [0.05, 0.1) is 11.8 Å². The van der Waals surface area contributed by atoms with Crippen LogP contribution in [0.25, 0.3) is 5.57 Å². The number of carboxylic acids is 1. The van der Waals surface area contributed by atoms with Crippen LogP contribution >= 0.6 is 12.4 Å². The molecule has 0 saturated heterocycles. The molecule has 0 unspecified atom stereocenters. The predicted molar refractivity (Wildman–Crippen MR) is 42.6 cm³/mol. The Morgan fingerprint density at radius 1 is 1.64 bits per heavy atom. The van der Waals surface area contributed by atoms with Crippen molar-refractivity contribution < 1.29 is 14.3 Å². The number of rotatable bonds is 2. The lowest BCUT2D eigenvalue weighted by atomic mass is 10.2. The molecule has 3 nitrogen and oxygen atoms in total. The molecule has 0 saturated carbocycles. The second-order valence-electron chi connectivity index (χ2n) is 1.76. The number of halogens is 1. The van der Waals surface area contributed by atoms with Gasteiger partial charge in [-0.3, -0.25) is 0 Å². The van der Waals surface area contributed by atoms with E-state index in [1.165, 1.54) is 6.26 Å². The smallest absolute Gasteiger partial charge is 0.338 e. The minimum Gasteiger partial charge on any atom is -0.478 e. The van der Waals surface area contributed by atoms with Crippen molar-refractivity contribution in [2.45, 2.75) is 0 Å². The second-order valence-corrected chi connectivity index (χ2v) is 1.76. The molecule has 1 N–H and O–H groups in total. The van der Waals surface area contributed by atoms with Crippen LogP contribution in [0, 0.1) is 0 Å². The van der Waals surface area contributed by atoms with E-state index < -0.39 is 5.97 Å². The zero-order valence-corrected chi connectivity index (χ0v) is 6.43. The zero-order valence-electron chi connectivity index (χ0n) is 5.61. The maximum Gasteiger partial charge on any atom is 0.338 e. The molecule has 1 aromatic heterocycles. The van der Waals surface area contributed by atoms with E-state index >= 15 is 0 Å². The lowest BCUT2D eigenvalue weighted by Crippen LogP contribution is -1.95. The predicted octanol–water partition coefficient (Wildman–Crippen LogP) is 1.80.